The van der Waals surface area contributed by atoms with Crippen molar-refractivity contribution in [1.29, 1.82) is 0 Å². The Bertz CT molecular complexity index is 940. The number of halogens is 1. The summed E-state index contributed by atoms with van der Waals surface area (Å²) in [6.45, 7) is 7.25. The molecule has 1 aromatic carbocycles. The first-order chi connectivity index (χ1) is 13.7. The molecule has 0 radical (unpaired) electrons. The van der Waals surface area contributed by atoms with E-state index in [2.05, 4.69) is 62.2 Å². The van der Waals surface area contributed by atoms with E-state index in [1.165, 1.54) is 5.52 Å². The quantitative estimate of drug-likeness (QED) is 0.211. The van der Waals surface area contributed by atoms with Crippen molar-refractivity contribution in [3.63, 3.8) is 0 Å². The Morgan fingerprint density at radius 3 is 2.83 bits per heavy atom. The molecule has 2 heterocycles. The van der Waals surface area contributed by atoms with Crippen LogP contribution in [0.2, 0.25) is 0 Å². The van der Waals surface area contributed by atoms with Crippen LogP contribution in [0.25, 0.3) is 11.0 Å². The molecule has 29 heavy (non-hydrogen) atoms. The molecule has 0 saturated carbocycles. The van der Waals surface area contributed by atoms with Crippen LogP contribution in [-0.2, 0) is 13.1 Å². The van der Waals surface area contributed by atoms with Crippen molar-refractivity contribution in [2.45, 2.75) is 33.4 Å². The van der Waals surface area contributed by atoms with Gasteiger partial charge in [0.05, 0.1) is 24.7 Å². The Morgan fingerprint density at radius 1 is 1.21 bits per heavy atom. The van der Waals surface area contributed by atoms with Crippen LogP contribution in [0.3, 0.4) is 0 Å². The fraction of sp³-hybridized carbons (Fsp3) is 0.381. The zero-order chi connectivity index (χ0) is 19.8. The topological polar surface area (TPSA) is 76.4 Å². The van der Waals surface area contributed by atoms with Gasteiger partial charge in [-0.25, -0.2) is 15.0 Å². The Hall–Kier alpha value is -2.36. The highest BCUT2D eigenvalue weighted by molar-refractivity contribution is 14.0. The number of rotatable bonds is 8. The van der Waals surface area contributed by atoms with Crippen LogP contribution in [0.15, 0.2) is 47.6 Å². The lowest BCUT2D eigenvalue weighted by Gasteiger charge is -2.12. The minimum atomic E-state index is 0. The average Bonchev–Trinajstić information content (AvgIpc) is 3.04. The highest BCUT2D eigenvalue weighted by atomic mass is 127. The number of fused-ring (bicyclic) bond motifs is 1. The largest absolute Gasteiger partial charge is 0.481 e. The van der Waals surface area contributed by atoms with Crippen molar-refractivity contribution in [2.24, 2.45) is 4.99 Å². The highest BCUT2D eigenvalue weighted by Crippen LogP contribution is 2.15. The summed E-state index contributed by atoms with van der Waals surface area (Å²) in [6, 6.07) is 12.1. The number of guanidine groups is 1. The summed E-state index contributed by atoms with van der Waals surface area (Å²) in [5, 5.41) is 6.70. The van der Waals surface area contributed by atoms with Gasteiger partial charge in [-0.2, -0.15) is 0 Å². The third-order valence-corrected chi connectivity index (χ3v) is 4.47. The van der Waals surface area contributed by atoms with Crippen LogP contribution < -0.4 is 15.4 Å². The first-order valence-corrected chi connectivity index (χ1v) is 9.64. The number of benzene rings is 1. The predicted molar refractivity (Wildman–Crippen MR) is 128 cm³/mol. The van der Waals surface area contributed by atoms with Gasteiger partial charge in [0.25, 0.3) is 0 Å². The van der Waals surface area contributed by atoms with Crippen molar-refractivity contribution in [2.75, 3.05) is 20.2 Å². The van der Waals surface area contributed by atoms with Gasteiger partial charge in [0.15, 0.2) is 5.96 Å². The number of pyridine rings is 1. The molecule has 0 amide bonds. The summed E-state index contributed by atoms with van der Waals surface area (Å²) in [7, 11) is 1.62. The van der Waals surface area contributed by atoms with Crippen molar-refractivity contribution < 1.29 is 4.74 Å². The van der Waals surface area contributed by atoms with E-state index in [0.29, 0.717) is 12.4 Å². The van der Waals surface area contributed by atoms with Crippen LogP contribution in [0.4, 0.5) is 0 Å². The lowest BCUT2D eigenvalue weighted by atomic mass is 10.3. The smallest absolute Gasteiger partial charge is 0.213 e. The Balaban J connectivity index is 0.00000300. The van der Waals surface area contributed by atoms with Crippen molar-refractivity contribution in [1.82, 2.24) is 25.2 Å². The molecule has 2 N–H and O–H groups in total. The summed E-state index contributed by atoms with van der Waals surface area (Å²) >= 11 is 0. The molecule has 0 atom stereocenters. The highest BCUT2D eigenvalue weighted by Gasteiger charge is 2.06. The summed E-state index contributed by atoms with van der Waals surface area (Å²) in [5.41, 5.74) is 3.30. The maximum Gasteiger partial charge on any atom is 0.213 e. The molecule has 0 fully saturated rings. The molecular formula is C21H29IN6O. The SMILES string of the molecule is CCNC(=NCc1ccnc(OC)c1)NCCCn1c(C)nc2ccccc21.I. The molecule has 3 aromatic rings. The monoisotopic (exact) mass is 508 g/mol. The van der Waals surface area contributed by atoms with E-state index < -0.39 is 0 Å². The number of nitrogens with one attached hydrogen (secondary N) is 2. The summed E-state index contributed by atoms with van der Waals surface area (Å²) < 4.78 is 7.43. The van der Waals surface area contributed by atoms with Gasteiger partial charge in [-0.3, -0.25) is 0 Å². The zero-order valence-electron chi connectivity index (χ0n) is 17.2. The van der Waals surface area contributed by atoms with Gasteiger partial charge in [0.2, 0.25) is 5.88 Å². The molecule has 2 aromatic heterocycles. The molecule has 156 valence electrons. The number of imidazole rings is 1. The number of aryl methyl sites for hydroxylation is 2. The van der Waals surface area contributed by atoms with Crippen molar-refractivity contribution >= 4 is 41.0 Å². The van der Waals surface area contributed by atoms with E-state index in [1.807, 2.05) is 18.2 Å². The second-order valence-corrected chi connectivity index (χ2v) is 6.48. The van der Waals surface area contributed by atoms with Gasteiger partial charge in [-0.15, -0.1) is 24.0 Å². The third kappa shape index (κ3) is 6.31. The number of hydrogen-bond donors (Lipinski definition) is 2. The predicted octanol–water partition coefficient (Wildman–Crippen LogP) is 3.51. The Labute approximate surface area is 189 Å². The number of aliphatic imine (C=N–C) groups is 1. The van der Waals surface area contributed by atoms with Gasteiger partial charge < -0.3 is 19.9 Å². The first kappa shape index (κ1) is 22.9. The molecule has 0 spiro atoms. The molecule has 0 unspecified atom stereocenters. The lowest BCUT2D eigenvalue weighted by molar-refractivity contribution is 0.397. The summed E-state index contributed by atoms with van der Waals surface area (Å²) in [4.78, 5) is 13.4. The van der Waals surface area contributed by atoms with Gasteiger partial charge >= 0.3 is 0 Å². The molecule has 3 rings (SSSR count). The number of hydrogen-bond acceptors (Lipinski definition) is 4. The van der Waals surface area contributed by atoms with Crippen LogP contribution >= 0.6 is 24.0 Å². The maximum atomic E-state index is 5.17. The van der Waals surface area contributed by atoms with E-state index >= 15 is 0 Å². The number of methoxy groups -OCH3 is 1. The third-order valence-electron chi connectivity index (χ3n) is 4.47. The molecular weight excluding hydrogens is 479 g/mol. The van der Waals surface area contributed by atoms with Crippen LogP contribution in [0, 0.1) is 6.92 Å². The second-order valence-electron chi connectivity index (χ2n) is 6.48. The van der Waals surface area contributed by atoms with Crippen LogP contribution in [0.5, 0.6) is 5.88 Å². The van der Waals surface area contributed by atoms with E-state index in [9.17, 15) is 0 Å². The van der Waals surface area contributed by atoms with Crippen molar-refractivity contribution in [3.05, 3.63) is 54.0 Å². The minimum Gasteiger partial charge on any atom is -0.481 e. The molecule has 0 aliphatic rings. The van der Waals surface area contributed by atoms with Gasteiger partial charge in [-0.05, 0) is 44.0 Å². The fourth-order valence-corrected chi connectivity index (χ4v) is 3.09. The minimum absolute atomic E-state index is 0. The first-order valence-electron chi connectivity index (χ1n) is 9.64. The Kier molecular flexibility index (Phi) is 9.17. The van der Waals surface area contributed by atoms with Crippen LogP contribution in [0.1, 0.15) is 24.7 Å². The van der Waals surface area contributed by atoms with Gasteiger partial charge in [0.1, 0.15) is 5.82 Å². The number of nitrogens with zero attached hydrogens (tertiary/aromatic N) is 4. The van der Waals surface area contributed by atoms with E-state index in [4.69, 9.17) is 4.74 Å². The molecule has 0 bridgehead atoms. The summed E-state index contributed by atoms with van der Waals surface area (Å²) in [6.07, 6.45) is 2.72. The van der Waals surface area contributed by atoms with E-state index in [-0.39, 0.29) is 24.0 Å². The number of aromatic nitrogens is 3. The van der Waals surface area contributed by atoms with E-state index in [1.54, 1.807) is 13.3 Å². The number of ether oxygens (including phenoxy) is 1. The van der Waals surface area contributed by atoms with Crippen molar-refractivity contribution in [3.8, 4) is 5.88 Å². The van der Waals surface area contributed by atoms with Gasteiger partial charge in [0, 0.05) is 31.9 Å². The standard InChI is InChI=1S/C21H28N6O.HI/c1-4-22-21(25-15-17-10-12-23-20(14-17)28-3)24-11-7-13-27-16(2)26-18-8-5-6-9-19(18)27;/h5-6,8-10,12,14H,4,7,11,13,15H2,1-3H3,(H2,22,24,25);1H. The molecule has 7 nitrogen and oxygen atoms in total. The van der Waals surface area contributed by atoms with Gasteiger partial charge in [-0.1, -0.05) is 12.1 Å². The summed E-state index contributed by atoms with van der Waals surface area (Å²) in [5.74, 6) is 2.47. The lowest BCUT2D eigenvalue weighted by Crippen LogP contribution is -2.38. The Morgan fingerprint density at radius 2 is 2.03 bits per heavy atom. The molecule has 0 aliphatic carbocycles. The van der Waals surface area contributed by atoms with Crippen LogP contribution in [-0.4, -0.2) is 40.7 Å². The molecule has 8 heteroatoms. The second kappa shape index (κ2) is 11.6. The fourth-order valence-electron chi connectivity index (χ4n) is 3.09. The molecule has 0 aliphatic heterocycles. The average molecular weight is 508 g/mol. The van der Waals surface area contributed by atoms with E-state index in [0.717, 1.165) is 48.9 Å². The maximum absolute atomic E-state index is 5.17. The molecule has 0 saturated heterocycles. The number of para-hydroxylation sites is 2. The zero-order valence-corrected chi connectivity index (χ0v) is 19.5. The normalized spacial score (nSPS) is 11.2.